The second-order valence-corrected chi connectivity index (χ2v) is 6.42. The average Bonchev–Trinajstić information content (AvgIpc) is 2.38. The van der Waals surface area contributed by atoms with Gasteiger partial charge in [0, 0.05) is 5.03 Å². The van der Waals surface area contributed by atoms with Gasteiger partial charge >= 0.3 is 0 Å². The molecule has 0 saturated heterocycles. The van der Waals surface area contributed by atoms with Crippen LogP contribution in [0.15, 0.2) is 35.9 Å². The Morgan fingerprint density at radius 1 is 1.00 bits per heavy atom. The summed E-state index contributed by atoms with van der Waals surface area (Å²) in [6, 6.07) is 0. The maximum absolute atomic E-state index is 5.72. The van der Waals surface area contributed by atoms with Crippen LogP contribution in [-0.2, 0) is 0 Å². The number of hydrogen-bond donors (Lipinski definition) is 0. The zero-order valence-corrected chi connectivity index (χ0v) is 14.0. The highest BCUT2D eigenvalue weighted by Crippen LogP contribution is 2.26. The van der Waals surface area contributed by atoms with Crippen molar-refractivity contribution in [2.45, 2.75) is 59.8 Å². The topological polar surface area (TPSA) is 0 Å². The van der Waals surface area contributed by atoms with Crippen LogP contribution < -0.4 is 0 Å². The van der Waals surface area contributed by atoms with Crippen LogP contribution in [0.4, 0.5) is 0 Å². The van der Waals surface area contributed by atoms with Crippen LogP contribution in [0.3, 0.4) is 0 Å². The minimum atomic E-state index is 0.521. The minimum absolute atomic E-state index is 0.521. The van der Waals surface area contributed by atoms with Crippen molar-refractivity contribution in [3.63, 3.8) is 0 Å². The highest BCUT2D eigenvalue weighted by Gasteiger charge is 2.13. The molecule has 0 spiro atoms. The van der Waals surface area contributed by atoms with Gasteiger partial charge in [-0.15, -0.1) is 0 Å². The normalized spacial score (nSPS) is 16.3. The van der Waals surface area contributed by atoms with Gasteiger partial charge in [0.2, 0.25) is 0 Å². The molecule has 0 aliphatic rings. The first kappa shape index (κ1) is 18.5. The molecule has 0 N–H and O–H groups in total. The van der Waals surface area contributed by atoms with Crippen LogP contribution in [0.1, 0.15) is 59.8 Å². The molecular weight excluding hydrogens is 252 g/mol. The Morgan fingerprint density at radius 3 is 2.11 bits per heavy atom. The molecule has 0 aromatic rings. The van der Waals surface area contributed by atoms with Gasteiger partial charge in [0.25, 0.3) is 0 Å². The Morgan fingerprint density at radius 2 is 1.58 bits per heavy atom. The summed E-state index contributed by atoms with van der Waals surface area (Å²) in [6.07, 6.45) is 10.3. The molecule has 19 heavy (non-hydrogen) atoms. The zero-order chi connectivity index (χ0) is 14.8. The van der Waals surface area contributed by atoms with Gasteiger partial charge in [0.05, 0.1) is 0 Å². The van der Waals surface area contributed by atoms with Gasteiger partial charge in [0.15, 0.2) is 0 Å². The molecule has 0 bridgehead atoms. The van der Waals surface area contributed by atoms with Crippen LogP contribution in [-0.4, -0.2) is 0 Å². The SMILES string of the molecule is C=C(Cl)/C=C\C(=C)C(C)CCC(C)C(C)CCCC. The van der Waals surface area contributed by atoms with E-state index in [2.05, 4.69) is 40.9 Å². The van der Waals surface area contributed by atoms with Crippen molar-refractivity contribution in [3.05, 3.63) is 35.9 Å². The molecule has 0 rings (SSSR count). The molecule has 0 nitrogen and oxygen atoms in total. The Hall–Kier alpha value is -0.490. The monoisotopic (exact) mass is 282 g/mol. The van der Waals surface area contributed by atoms with Gasteiger partial charge in [-0.2, -0.15) is 0 Å². The third-order valence-electron chi connectivity index (χ3n) is 4.15. The van der Waals surface area contributed by atoms with E-state index in [1.165, 1.54) is 32.1 Å². The summed E-state index contributed by atoms with van der Waals surface area (Å²) in [4.78, 5) is 0. The second-order valence-electron chi connectivity index (χ2n) is 5.93. The predicted octanol–water partition coefficient (Wildman–Crippen LogP) is 6.73. The number of hydrogen-bond acceptors (Lipinski definition) is 0. The molecule has 0 heterocycles. The number of halogens is 1. The van der Waals surface area contributed by atoms with Crippen LogP contribution >= 0.6 is 11.6 Å². The van der Waals surface area contributed by atoms with Gasteiger partial charge in [-0.25, -0.2) is 0 Å². The maximum atomic E-state index is 5.72. The lowest BCUT2D eigenvalue weighted by Gasteiger charge is -2.21. The summed E-state index contributed by atoms with van der Waals surface area (Å²) in [5, 5.41) is 0.565. The summed E-state index contributed by atoms with van der Waals surface area (Å²) >= 11 is 5.72. The number of unbranched alkanes of at least 4 members (excludes halogenated alkanes) is 1. The third kappa shape index (κ3) is 9.10. The van der Waals surface area contributed by atoms with E-state index in [-0.39, 0.29) is 0 Å². The summed E-state index contributed by atoms with van der Waals surface area (Å²) in [5.74, 6) is 2.15. The Labute approximate surface area is 125 Å². The lowest BCUT2D eigenvalue weighted by atomic mass is 9.84. The summed E-state index contributed by atoms with van der Waals surface area (Å²) in [6.45, 7) is 17.0. The fourth-order valence-corrected chi connectivity index (χ4v) is 2.22. The van der Waals surface area contributed by atoms with Crippen molar-refractivity contribution in [1.29, 1.82) is 0 Å². The summed E-state index contributed by atoms with van der Waals surface area (Å²) in [5.41, 5.74) is 1.15. The quantitative estimate of drug-likeness (QED) is 0.390. The molecule has 0 saturated carbocycles. The van der Waals surface area contributed by atoms with Crippen LogP contribution in [0.2, 0.25) is 0 Å². The molecule has 110 valence electrons. The van der Waals surface area contributed by atoms with E-state index in [1.807, 2.05) is 12.2 Å². The van der Waals surface area contributed by atoms with E-state index < -0.39 is 0 Å². The predicted molar refractivity (Wildman–Crippen MR) is 89.5 cm³/mol. The second kappa shape index (κ2) is 10.3. The molecule has 0 fully saturated rings. The highest BCUT2D eigenvalue weighted by atomic mass is 35.5. The first-order valence-electron chi connectivity index (χ1n) is 7.59. The number of allylic oxidation sites excluding steroid dienone is 4. The third-order valence-corrected chi connectivity index (χ3v) is 4.28. The minimum Gasteiger partial charge on any atom is -0.0956 e. The van der Waals surface area contributed by atoms with Gasteiger partial charge in [0.1, 0.15) is 0 Å². The van der Waals surface area contributed by atoms with Crippen molar-refractivity contribution in [2.75, 3.05) is 0 Å². The molecule has 3 unspecified atom stereocenters. The van der Waals surface area contributed by atoms with Crippen molar-refractivity contribution in [3.8, 4) is 0 Å². The molecule has 0 aromatic heterocycles. The van der Waals surface area contributed by atoms with Crippen LogP contribution in [0.25, 0.3) is 0 Å². The highest BCUT2D eigenvalue weighted by molar-refractivity contribution is 6.30. The molecule has 0 aliphatic carbocycles. The Kier molecular flexibility index (Phi) is 10.0. The van der Waals surface area contributed by atoms with Crippen molar-refractivity contribution >= 4 is 11.6 Å². The number of rotatable bonds is 10. The van der Waals surface area contributed by atoms with E-state index in [1.54, 1.807) is 0 Å². The Bertz CT molecular complexity index is 301. The molecule has 0 aliphatic heterocycles. The lowest BCUT2D eigenvalue weighted by molar-refractivity contribution is 0.318. The lowest BCUT2D eigenvalue weighted by Crippen LogP contribution is -2.10. The first-order valence-corrected chi connectivity index (χ1v) is 7.97. The zero-order valence-electron chi connectivity index (χ0n) is 13.2. The van der Waals surface area contributed by atoms with Gasteiger partial charge in [-0.05, 0) is 36.7 Å². The molecule has 3 atom stereocenters. The standard InChI is InChI=1S/C18H31Cl/c1-7-8-9-14(2)15(3)10-11-16(4)17(5)12-13-18(6)19/h12-16H,5-11H2,1-4H3/b13-12-. The largest absolute Gasteiger partial charge is 0.0956 e. The molecule has 0 aromatic carbocycles. The molecule has 0 radical (unpaired) electrons. The molecule has 0 amide bonds. The smallest absolute Gasteiger partial charge is 0.0334 e. The van der Waals surface area contributed by atoms with E-state index in [0.717, 1.165) is 17.4 Å². The van der Waals surface area contributed by atoms with Crippen molar-refractivity contribution in [1.82, 2.24) is 0 Å². The van der Waals surface area contributed by atoms with Crippen LogP contribution in [0.5, 0.6) is 0 Å². The van der Waals surface area contributed by atoms with Gasteiger partial charge < -0.3 is 0 Å². The van der Waals surface area contributed by atoms with Crippen LogP contribution in [0, 0.1) is 17.8 Å². The molecular formula is C18H31Cl. The summed E-state index contributed by atoms with van der Waals surface area (Å²) in [7, 11) is 0. The van der Waals surface area contributed by atoms with E-state index in [9.17, 15) is 0 Å². The first-order chi connectivity index (χ1) is 8.88. The Balaban J connectivity index is 4.03. The van der Waals surface area contributed by atoms with E-state index >= 15 is 0 Å². The van der Waals surface area contributed by atoms with E-state index in [4.69, 9.17) is 11.6 Å². The van der Waals surface area contributed by atoms with Crippen molar-refractivity contribution in [2.24, 2.45) is 17.8 Å². The fraction of sp³-hybridized carbons (Fsp3) is 0.667. The van der Waals surface area contributed by atoms with Gasteiger partial charge in [-0.1, -0.05) is 83.4 Å². The average molecular weight is 283 g/mol. The van der Waals surface area contributed by atoms with E-state index in [0.29, 0.717) is 11.0 Å². The maximum Gasteiger partial charge on any atom is 0.0334 e. The summed E-state index contributed by atoms with van der Waals surface area (Å²) < 4.78 is 0. The molecule has 1 heteroatoms. The fourth-order valence-electron chi connectivity index (χ4n) is 2.16. The van der Waals surface area contributed by atoms with Gasteiger partial charge in [-0.3, -0.25) is 0 Å². The van der Waals surface area contributed by atoms with Crippen molar-refractivity contribution < 1.29 is 0 Å².